The Kier molecular flexibility index (Phi) is 11.3. The van der Waals surface area contributed by atoms with Crippen LogP contribution in [0.2, 0.25) is 0 Å². The molecule has 2 aliphatic heterocycles. The standard InChI is InChI=1S/C28H49N5O6/c1-16(2)21(29-24(34)22(17(3)4)30(7)8)26(36)31(9)23(18(5)6)27(37)32-14-10-12-19(32)25(35)33-15-11-13-20(33)28(38)39/h16-23H,10-15H2,1-9H3,(H,29,34)(H,38,39)/t19-,20-,21-,22-,23-/m0/s1. The lowest BCUT2D eigenvalue weighted by Gasteiger charge is -2.38. The molecule has 0 spiro atoms. The van der Waals surface area contributed by atoms with Crippen molar-refractivity contribution in [1.82, 2.24) is 24.9 Å². The maximum atomic E-state index is 13.9. The number of aliphatic carboxylic acids is 1. The van der Waals surface area contributed by atoms with E-state index in [0.717, 1.165) is 0 Å². The first kappa shape index (κ1) is 32.5. The van der Waals surface area contributed by atoms with Gasteiger partial charge in [-0.3, -0.25) is 24.1 Å². The van der Waals surface area contributed by atoms with E-state index < -0.39 is 36.2 Å². The Morgan fingerprint density at radius 3 is 1.74 bits per heavy atom. The van der Waals surface area contributed by atoms with E-state index in [0.29, 0.717) is 38.8 Å². The summed E-state index contributed by atoms with van der Waals surface area (Å²) < 4.78 is 0. The Balaban J connectivity index is 2.27. The predicted molar refractivity (Wildman–Crippen MR) is 148 cm³/mol. The number of carboxylic acids is 1. The highest BCUT2D eigenvalue weighted by Gasteiger charge is 2.45. The van der Waals surface area contributed by atoms with Crippen molar-refractivity contribution in [3.05, 3.63) is 0 Å². The van der Waals surface area contributed by atoms with Gasteiger partial charge in [0.05, 0.1) is 6.04 Å². The van der Waals surface area contributed by atoms with Crippen molar-refractivity contribution in [2.45, 2.75) is 97.4 Å². The number of hydrogen-bond donors (Lipinski definition) is 2. The van der Waals surface area contributed by atoms with E-state index in [9.17, 15) is 29.1 Å². The molecular formula is C28H49N5O6. The van der Waals surface area contributed by atoms with E-state index in [-0.39, 0.29) is 41.4 Å². The van der Waals surface area contributed by atoms with E-state index in [1.165, 1.54) is 14.7 Å². The number of likely N-dealkylation sites (N-methyl/N-ethyl adjacent to an activating group) is 2. The van der Waals surface area contributed by atoms with Gasteiger partial charge in [0.15, 0.2) is 0 Å². The smallest absolute Gasteiger partial charge is 0.326 e. The Morgan fingerprint density at radius 1 is 0.769 bits per heavy atom. The van der Waals surface area contributed by atoms with Crippen LogP contribution in [0.1, 0.15) is 67.2 Å². The monoisotopic (exact) mass is 551 g/mol. The molecule has 0 saturated carbocycles. The second kappa shape index (κ2) is 13.6. The fraction of sp³-hybridized carbons (Fsp3) is 0.821. The molecule has 5 atom stereocenters. The summed E-state index contributed by atoms with van der Waals surface area (Å²) in [6.07, 6.45) is 2.11. The zero-order chi connectivity index (χ0) is 29.8. The number of likely N-dealkylation sites (tertiary alicyclic amines) is 2. The highest BCUT2D eigenvalue weighted by molar-refractivity contribution is 5.96. The number of carboxylic acid groups (broad SMARTS) is 1. The summed E-state index contributed by atoms with van der Waals surface area (Å²) in [7, 11) is 5.22. The molecule has 39 heavy (non-hydrogen) atoms. The molecule has 0 unspecified atom stereocenters. The lowest BCUT2D eigenvalue weighted by atomic mass is 9.96. The molecule has 2 aliphatic rings. The second-order valence-electron chi connectivity index (χ2n) is 12.2. The molecule has 2 saturated heterocycles. The summed E-state index contributed by atoms with van der Waals surface area (Å²) in [6, 6.07) is -3.69. The number of hydrogen-bond acceptors (Lipinski definition) is 6. The van der Waals surface area contributed by atoms with Crippen LogP contribution >= 0.6 is 0 Å². The maximum Gasteiger partial charge on any atom is 0.326 e. The minimum Gasteiger partial charge on any atom is -0.480 e. The number of nitrogens with one attached hydrogen (secondary N) is 1. The van der Waals surface area contributed by atoms with Crippen LogP contribution in [-0.2, 0) is 24.0 Å². The minimum absolute atomic E-state index is 0.0339. The topological polar surface area (TPSA) is 131 Å². The summed E-state index contributed by atoms with van der Waals surface area (Å²) in [5.74, 6) is -2.74. The minimum atomic E-state index is -1.03. The molecule has 2 fully saturated rings. The van der Waals surface area contributed by atoms with Crippen LogP contribution in [0.15, 0.2) is 0 Å². The summed E-state index contributed by atoms with van der Waals surface area (Å²) >= 11 is 0. The number of amides is 4. The molecule has 0 aromatic carbocycles. The maximum absolute atomic E-state index is 13.9. The SMILES string of the molecule is CC(C)[C@H](NC(=O)[C@H](C(C)C)N(C)C)C(=O)N(C)[C@H](C(=O)N1CCC[C@H]1C(=O)N1CCC[C@H]1C(=O)O)C(C)C. The lowest BCUT2D eigenvalue weighted by Crippen LogP contribution is -2.61. The average molecular weight is 552 g/mol. The van der Waals surface area contributed by atoms with Crippen LogP contribution in [0.5, 0.6) is 0 Å². The predicted octanol–water partition coefficient (Wildman–Crippen LogP) is 1.26. The van der Waals surface area contributed by atoms with Crippen LogP contribution < -0.4 is 5.32 Å². The van der Waals surface area contributed by atoms with Gasteiger partial charge < -0.3 is 25.1 Å². The molecule has 0 aromatic heterocycles. The van der Waals surface area contributed by atoms with Gasteiger partial charge in [-0.05, 0) is 57.5 Å². The van der Waals surface area contributed by atoms with Gasteiger partial charge in [-0.15, -0.1) is 0 Å². The van der Waals surface area contributed by atoms with Crippen molar-refractivity contribution in [1.29, 1.82) is 0 Å². The Morgan fingerprint density at radius 2 is 1.28 bits per heavy atom. The summed E-state index contributed by atoms with van der Waals surface area (Å²) in [6.45, 7) is 12.0. The highest BCUT2D eigenvalue weighted by Crippen LogP contribution is 2.27. The largest absolute Gasteiger partial charge is 0.480 e. The molecule has 0 radical (unpaired) electrons. The molecule has 2 rings (SSSR count). The van der Waals surface area contributed by atoms with E-state index >= 15 is 0 Å². The van der Waals surface area contributed by atoms with E-state index in [4.69, 9.17) is 0 Å². The van der Waals surface area contributed by atoms with E-state index in [1.807, 2.05) is 60.5 Å². The van der Waals surface area contributed by atoms with Gasteiger partial charge in [-0.2, -0.15) is 0 Å². The molecule has 2 heterocycles. The zero-order valence-corrected chi connectivity index (χ0v) is 25.1. The van der Waals surface area contributed by atoms with Crippen molar-refractivity contribution < 1.29 is 29.1 Å². The van der Waals surface area contributed by atoms with Gasteiger partial charge in [0.2, 0.25) is 23.6 Å². The van der Waals surface area contributed by atoms with Crippen LogP contribution in [0, 0.1) is 17.8 Å². The molecule has 0 bridgehead atoms. The third-order valence-electron chi connectivity index (χ3n) is 7.98. The van der Waals surface area contributed by atoms with Gasteiger partial charge in [-0.25, -0.2) is 4.79 Å². The van der Waals surface area contributed by atoms with Gasteiger partial charge in [-0.1, -0.05) is 41.5 Å². The summed E-state index contributed by atoms with van der Waals surface area (Å²) in [5, 5.41) is 12.5. The van der Waals surface area contributed by atoms with Gasteiger partial charge in [0.25, 0.3) is 0 Å². The third-order valence-corrected chi connectivity index (χ3v) is 7.98. The molecule has 0 aliphatic carbocycles. The van der Waals surface area contributed by atoms with Crippen LogP contribution in [-0.4, -0.2) is 119 Å². The van der Waals surface area contributed by atoms with Crippen molar-refractivity contribution in [2.24, 2.45) is 17.8 Å². The lowest BCUT2D eigenvalue weighted by molar-refractivity contribution is -0.155. The molecule has 11 heteroatoms. The zero-order valence-electron chi connectivity index (χ0n) is 25.1. The number of rotatable bonds is 11. The van der Waals surface area contributed by atoms with E-state index in [2.05, 4.69) is 5.32 Å². The first-order valence-corrected chi connectivity index (χ1v) is 14.2. The Hall–Kier alpha value is -2.69. The van der Waals surface area contributed by atoms with Crippen LogP contribution in [0.3, 0.4) is 0 Å². The summed E-state index contributed by atoms with van der Waals surface area (Å²) in [5.41, 5.74) is 0. The average Bonchev–Trinajstić information content (AvgIpc) is 3.50. The van der Waals surface area contributed by atoms with Crippen LogP contribution in [0.4, 0.5) is 0 Å². The Labute approximate surface area is 233 Å². The van der Waals surface area contributed by atoms with Crippen LogP contribution in [0.25, 0.3) is 0 Å². The van der Waals surface area contributed by atoms with Gasteiger partial charge in [0, 0.05) is 20.1 Å². The molecule has 2 N–H and O–H groups in total. The second-order valence-corrected chi connectivity index (χ2v) is 12.2. The molecule has 11 nitrogen and oxygen atoms in total. The Bertz CT molecular complexity index is 912. The number of carbonyl (C=O) groups is 5. The fourth-order valence-corrected chi connectivity index (χ4v) is 6.08. The summed E-state index contributed by atoms with van der Waals surface area (Å²) in [4.78, 5) is 72.1. The van der Waals surface area contributed by atoms with Gasteiger partial charge in [0.1, 0.15) is 24.2 Å². The van der Waals surface area contributed by atoms with Crippen molar-refractivity contribution in [3.63, 3.8) is 0 Å². The third kappa shape index (κ3) is 7.29. The highest BCUT2D eigenvalue weighted by atomic mass is 16.4. The van der Waals surface area contributed by atoms with E-state index in [1.54, 1.807) is 7.05 Å². The number of carbonyl (C=O) groups excluding carboxylic acids is 4. The fourth-order valence-electron chi connectivity index (χ4n) is 6.08. The first-order valence-electron chi connectivity index (χ1n) is 14.2. The molecule has 4 amide bonds. The first-order chi connectivity index (χ1) is 18.1. The van der Waals surface area contributed by atoms with Gasteiger partial charge >= 0.3 is 5.97 Å². The molecular weight excluding hydrogens is 502 g/mol. The quantitative estimate of drug-likeness (QED) is 0.395. The number of nitrogens with zero attached hydrogens (tertiary/aromatic N) is 4. The van der Waals surface area contributed by atoms with Crippen molar-refractivity contribution in [3.8, 4) is 0 Å². The van der Waals surface area contributed by atoms with Crippen molar-refractivity contribution >= 4 is 29.6 Å². The van der Waals surface area contributed by atoms with Crippen molar-refractivity contribution in [2.75, 3.05) is 34.2 Å². The normalized spacial score (nSPS) is 22.0. The molecule has 222 valence electrons. The molecule has 0 aromatic rings.